The fourth-order valence-electron chi connectivity index (χ4n) is 1.95. The van der Waals surface area contributed by atoms with Gasteiger partial charge in [0.2, 0.25) is 0 Å². The number of hydrogen-bond donors (Lipinski definition) is 3. The molecule has 0 aliphatic heterocycles. The third kappa shape index (κ3) is 3.98. The number of oxime groups is 1. The maximum Gasteiger partial charge on any atom is 0.139 e. The summed E-state index contributed by atoms with van der Waals surface area (Å²) in [4.78, 5) is 0. The van der Waals surface area contributed by atoms with E-state index in [2.05, 4.69) is 10.5 Å². The Morgan fingerprint density at radius 1 is 1.50 bits per heavy atom. The topological polar surface area (TPSA) is 79.9 Å². The number of methoxy groups -OCH3 is 1. The number of rotatable bonds is 8. The first-order valence-corrected chi connectivity index (χ1v) is 5.95. The van der Waals surface area contributed by atoms with E-state index < -0.39 is 0 Å². The molecule has 0 saturated heterocycles. The van der Waals surface area contributed by atoms with Crippen LogP contribution in [0.5, 0.6) is 0 Å². The number of ether oxygens (including phenoxy) is 1. The normalized spacial score (nSPS) is 19.4. The Bertz CT molecular complexity index is 222. The minimum Gasteiger partial charge on any atom is -0.409 e. The van der Waals surface area contributed by atoms with Crippen molar-refractivity contribution in [2.45, 2.75) is 44.1 Å². The molecule has 0 heterocycles. The minimum atomic E-state index is 0.103. The molecule has 1 rings (SSSR count). The van der Waals surface area contributed by atoms with Gasteiger partial charge in [0.05, 0.1) is 5.60 Å². The molecule has 94 valence electrons. The number of hydrogen-bond acceptors (Lipinski definition) is 4. The predicted molar refractivity (Wildman–Crippen MR) is 63.7 cm³/mol. The maximum absolute atomic E-state index is 8.35. The largest absolute Gasteiger partial charge is 0.409 e. The van der Waals surface area contributed by atoms with Crippen molar-refractivity contribution in [3.63, 3.8) is 0 Å². The van der Waals surface area contributed by atoms with Crippen molar-refractivity contribution >= 4 is 5.84 Å². The van der Waals surface area contributed by atoms with Crippen LogP contribution in [0.3, 0.4) is 0 Å². The highest BCUT2D eigenvalue weighted by Gasteiger charge is 2.36. The summed E-state index contributed by atoms with van der Waals surface area (Å²) in [7, 11) is 1.79. The lowest BCUT2D eigenvalue weighted by atomic mass is 9.80. The fourth-order valence-corrected chi connectivity index (χ4v) is 1.95. The first kappa shape index (κ1) is 13.3. The van der Waals surface area contributed by atoms with Crippen LogP contribution in [0.25, 0.3) is 0 Å². The molecule has 16 heavy (non-hydrogen) atoms. The second-order valence-electron chi connectivity index (χ2n) is 4.47. The van der Waals surface area contributed by atoms with Crippen LogP contribution in [-0.2, 0) is 4.74 Å². The Morgan fingerprint density at radius 3 is 2.75 bits per heavy atom. The molecular weight excluding hydrogens is 206 g/mol. The molecule has 5 heteroatoms. The van der Waals surface area contributed by atoms with E-state index in [-0.39, 0.29) is 5.60 Å². The van der Waals surface area contributed by atoms with Gasteiger partial charge in [0.25, 0.3) is 0 Å². The Balaban J connectivity index is 1.95. The van der Waals surface area contributed by atoms with Gasteiger partial charge in [-0.05, 0) is 38.6 Å². The average molecular weight is 229 g/mol. The molecule has 0 unspecified atom stereocenters. The molecule has 0 aromatic heterocycles. The number of nitrogens with two attached hydrogens (primary N) is 1. The van der Waals surface area contributed by atoms with Gasteiger partial charge in [0.1, 0.15) is 5.84 Å². The molecule has 0 amide bonds. The van der Waals surface area contributed by atoms with Crippen LogP contribution >= 0.6 is 0 Å². The van der Waals surface area contributed by atoms with Crippen LogP contribution in [0.2, 0.25) is 0 Å². The molecule has 0 atom stereocenters. The number of nitrogens with one attached hydrogen (secondary N) is 1. The van der Waals surface area contributed by atoms with Gasteiger partial charge < -0.3 is 21.0 Å². The summed E-state index contributed by atoms with van der Waals surface area (Å²) >= 11 is 0. The van der Waals surface area contributed by atoms with Crippen molar-refractivity contribution in [2.24, 2.45) is 10.9 Å². The summed E-state index contributed by atoms with van der Waals surface area (Å²) in [6.07, 6.45) is 6.26. The zero-order chi connectivity index (χ0) is 11.9. The highest BCUT2D eigenvalue weighted by molar-refractivity contribution is 5.79. The molecule has 0 aromatic carbocycles. The summed E-state index contributed by atoms with van der Waals surface area (Å²) in [5, 5.41) is 14.7. The third-order valence-electron chi connectivity index (χ3n) is 3.31. The van der Waals surface area contributed by atoms with Gasteiger partial charge in [-0.25, -0.2) is 0 Å². The zero-order valence-electron chi connectivity index (χ0n) is 10.0. The van der Waals surface area contributed by atoms with E-state index in [0.29, 0.717) is 12.3 Å². The molecule has 1 saturated carbocycles. The first-order chi connectivity index (χ1) is 7.72. The van der Waals surface area contributed by atoms with Crippen LogP contribution in [-0.4, -0.2) is 36.8 Å². The molecular formula is C11H23N3O2. The quantitative estimate of drug-likeness (QED) is 0.191. The smallest absolute Gasteiger partial charge is 0.139 e. The lowest BCUT2D eigenvalue weighted by molar-refractivity contribution is -0.0692. The van der Waals surface area contributed by atoms with Crippen LogP contribution in [0.1, 0.15) is 38.5 Å². The summed E-state index contributed by atoms with van der Waals surface area (Å²) in [5.41, 5.74) is 5.47. The predicted octanol–water partition coefficient (Wildman–Crippen LogP) is 1.06. The second kappa shape index (κ2) is 6.70. The molecule has 1 aliphatic carbocycles. The molecule has 1 aliphatic rings. The van der Waals surface area contributed by atoms with E-state index in [0.717, 1.165) is 25.9 Å². The summed E-state index contributed by atoms with van der Waals surface area (Å²) in [6, 6.07) is 0. The number of unbranched alkanes of at least 4 members (excludes halogenated alkanes) is 1. The van der Waals surface area contributed by atoms with E-state index in [1.165, 1.54) is 19.3 Å². The van der Waals surface area contributed by atoms with Crippen molar-refractivity contribution in [3.05, 3.63) is 0 Å². The van der Waals surface area contributed by atoms with E-state index in [4.69, 9.17) is 15.7 Å². The van der Waals surface area contributed by atoms with E-state index in [1.807, 2.05) is 0 Å². The van der Waals surface area contributed by atoms with Crippen molar-refractivity contribution < 1.29 is 9.94 Å². The molecule has 0 radical (unpaired) electrons. The summed E-state index contributed by atoms with van der Waals surface area (Å²) in [5.74, 6) is 0.312. The van der Waals surface area contributed by atoms with Gasteiger partial charge in [-0.3, -0.25) is 0 Å². The Hall–Kier alpha value is -0.810. The maximum atomic E-state index is 8.35. The van der Waals surface area contributed by atoms with E-state index in [1.54, 1.807) is 7.11 Å². The van der Waals surface area contributed by atoms with Crippen molar-refractivity contribution in [1.29, 1.82) is 0 Å². The standard InChI is InChI=1S/C11H23N3O2/c1-16-11(6-4-7-11)9-13-8-3-2-5-10(12)14-15/h13,15H,2-9H2,1H3,(H2,12,14). The lowest BCUT2D eigenvalue weighted by Crippen LogP contribution is -2.48. The van der Waals surface area contributed by atoms with Gasteiger partial charge in [-0.2, -0.15) is 0 Å². The molecule has 4 N–H and O–H groups in total. The Labute approximate surface area is 97.0 Å². The van der Waals surface area contributed by atoms with Gasteiger partial charge in [-0.15, -0.1) is 0 Å². The van der Waals surface area contributed by atoms with Crippen LogP contribution in [0, 0.1) is 0 Å². The Kier molecular flexibility index (Phi) is 5.55. The minimum absolute atomic E-state index is 0.103. The molecule has 1 fully saturated rings. The second-order valence-corrected chi connectivity index (χ2v) is 4.47. The van der Waals surface area contributed by atoms with Crippen LogP contribution in [0.15, 0.2) is 5.16 Å². The fraction of sp³-hybridized carbons (Fsp3) is 0.909. The lowest BCUT2D eigenvalue weighted by Gasteiger charge is -2.40. The third-order valence-corrected chi connectivity index (χ3v) is 3.31. The van der Waals surface area contributed by atoms with Crippen molar-refractivity contribution in [3.8, 4) is 0 Å². The first-order valence-electron chi connectivity index (χ1n) is 5.95. The molecule has 0 bridgehead atoms. The van der Waals surface area contributed by atoms with Gasteiger partial charge in [0, 0.05) is 20.1 Å². The van der Waals surface area contributed by atoms with Crippen LogP contribution in [0.4, 0.5) is 0 Å². The summed E-state index contributed by atoms with van der Waals surface area (Å²) < 4.78 is 5.50. The Morgan fingerprint density at radius 2 is 2.25 bits per heavy atom. The van der Waals surface area contributed by atoms with E-state index >= 15 is 0 Å². The van der Waals surface area contributed by atoms with Crippen molar-refractivity contribution in [2.75, 3.05) is 20.2 Å². The highest BCUT2D eigenvalue weighted by Crippen LogP contribution is 2.34. The van der Waals surface area contributed by atoms with Crippen LogP contribution < -0.4 is 11.1 Å². The van der Waals surface area contributed by atoms with Gasteiger partial charge >= 0.3 is 0 Å². The van der Waals surface area contributed by atoms with Crippen molar-refractivity contribution in [1.82, 2.24) is 5.32 Å². The van der Waals surface area contributed by atoms with Gasteiger partial charge in [-0.1, -0.05) is 5.16 Å². The summed E-state index contributed by atoms with van der Waals surface area (Å²) in [6.45, 7) is 1.90. The monoisotopic (exact) mass is 229 g/mol. The van der Waals surface area contributed by atoms with E-state index in [9.17, 15) is 0 Å². The number of nitrogens with zero attached hydrogens (tertiary/aromatic N) is 1. The molecule has 5 nitrogen and oxygen atoms in total. The average Bonchev–Trinajstić information content (AvgIpc) is 2.25. The molecule has 0 aromatic rings. The highest BCUT2D eigenvalue weighted by atomic mass is 16.5. The SMILES string of the molecule is COC1(CNCCCCC(N)=NO)CCC1. The molecule has 0 spiro atoms. The number of amidine groups is 1. The zero-order valence-corrected chi connectivity index (χ0v) is 10.0. The van der Waals surface area contributed by atoms with Gasteiger partial charge in [0.15, 0.2) is 0 Å².